The number of hydrogen-bond acceptors (Lipinski definition) is 3. The van der Waals surface area contributed by atoms with E-state index in [4.69, 9.17) is 5.11 Å². The number of carbonyl (C=O) groups is 2. The highest BCUT2D eigenvalue weighted by Gasteiger charge is 2.14. The van der Waals surface area contributed by atoms with Gasteiger partial charge in [-0.2, -0.15) is 0 Å². The molecule has 0 spiro atoms. The van der Waals surface area contributed by atoms with E-state index in [-0.39, 0.29) is 18.9 Å². The Morgan fingerprint density at radius 3 is 2.58 bits per heavy atom. The standard InChI is InChI=1S/C14H20N2O3/c1-3-15-13(17)10-16(9-8-14(18)19)12-7-5-4-6-11(12)2/h4-7H,3,8-10H2,1-2H3,(H,15,17)(H,18,19). The Balaban J connectivity index is 2.82. The number of benzene rings is 1. The fourth-order valence-corrected chi connectivity index (χ4v) is 1.86. The van der Waals surface area contributed by atoms with Gasteiger partial charge in [0.05, 0.1) is 13.0 Å². The van der Waals surface area contributed by atoms with Crippen molar-refractivity contribution in [3.8, 4) is 0 Å². The summed E-state index contributed by atoms with van der Waals surface area (Å²) in [6, 6.07) is 7.64. The van der Waals surface area contributed by atoms with Crippen LogP contribution in [0.5, 0.6) is 0 Å². The van der Waals surface area contributed by atoms with Crippen LogP contribution in [0.15, 0.2) is 24.3 Å². The Labute approximate surface area is 113 Å². The third-order valence-corrected chi connectivity index (χ3v) is 2.76. The summed E-state index contributed by atoms with van der Waals surface area (Å²) in [5.41, 5.74) is 1.92. The quantitative estimate of drug-likeness (QED) is 0.781. The van der Waals surface area contributed by atoms with Gasteiger partial charge < -0.3 is 15.3 Å². The predicted molar refractivity (Wildman–Crippen MR) is 74.3 cm³/mol. The molecule has 1 aromatic rings. The Hall–Kier alpha value is -2.04. The first-order chi connectivity index (χ1) is 9.04. The van der Waals surface area contributed by atoms with Gasteiger partial charge in [-0.1, -0.05) is 18.2 Å². The summed E-state index contributed by atoms with van der Waals surface area (Å²) in [5, 5.41) is 11.5. The van der Waals surface area contributed by atoms with Crippen LogP contribution in [0.1, 0.15) is 18.9 Å². The summed E-state index contributed by atoms with van der Waals surface area (Å²) in [7, 11) is 0. The largest absolute Gasteiger partial charge is 0.481 e. The van der Waals surface area contributed by atoms with E-state index in [1.165, 1.54) is 0 Å². The Morgan fingerprint density at radius 1 is 1.32 bits per heavy atom. The zero-order valence-corrected chi connectivity index (χ0v) is 11.3. The van der Waals surface area contributed by atoms with E-state index >= 15 is 0 Å². The highest BCUT2D eigenvalue weighted by Crippen LogP contribution is 2.19. The molecule has 0 unspecified atom stereocenters. The number of anilines is 1. The van der Waals surface area contributed by atoms with Crippen molar-refractivity contribution in [2.75, 3.05) is 24.5 Å². The fraction of sp³-hybridized carbons (Fsp3) is 0.429. The molecule has 0 atom stereocenters. The summed E-state index contributed by atoms with van der Waals surface area (Å²) >= 11 is 0. The number of rotatable bonds is 7. The molecule has 5 heteroatoms. The number of aliphatic carboxylic acids is 1. The SMILES string of the molecule is CCNC(=O)CN(CCC(=O)O)c1ccccc1C. The van der Waals surface area contributed by atoms with Crippen LogP contribution in [-0.2, 0) is 9.59 Å². The maximum absolute atomic E-state index is 11.7. The molecule has 19 heavy (non-hydrogen) atoms. The van der Waals surface area contributed by atoms with Crippen LogP contribution < -0.4 is 10.2 Å². The van der Waals surface area contributed by atoms with E-state index in [1.807, 2.05) is 38.1 Å². The van der Waals surface area contributed by atoms with Gasteiger partial charge in [-0.3, -0.25) is 9.59 Å². The molecule has 0 saturated heterocycles. The van der Waals surface area contributed by atoms with Crippen molar-refractivity contribution in [1.29, 1.82) is 0 Å². The molecule has 1 amide bonds. The van der Waals surface area contributed by atoms with Crippen LogP contribution in [0.2, 0.25) is 0 Å². The summed E-state index contributed by atoms with van der Waals surface area (Å²) in [4.78, 5) is 24.2. The molecule has 2 N–H and O–H groups in total. The van der Waals surface area contributed by atoms with Crippen LogP contribution in [0.4, 0.5) is 5.69 Å². The second-order valence-electron chi connectivity index (χ2n) is 4.31. The van der Waals surface area contributed by atoms with E-state index in [0.717, 1.165) is 11.3 Å². The zero-order chi connectivity index (χ0) is 14.3. The van der Waals surface area contributed by atoms with Crippen molar-refractivity contribution in [3.63, 3.8) is 0 Å². The molecular formula is C14H20N2O3. The van der Waals surface area contributed by atoms with Gasteiger partial charge >= 0.3 is 5.97 Å². The third-order valence-electron chi connectivity index (χ3n) is 2.76. The number of para-hydroxylation sites is 1. The number of aryl methyl sites for hydroxylation is 1. The van der Waals surface area contributed by atoms with E-state index < -0.39 is 5.97 Å². The first kappa shape index (κ1) is 15.0. The molecule has 0 aliphatic heterocycles. The lowest BCUT2D eigenvalue weighted by Gasteiger charge is -2.25. The first-order valence-electron chi connectivity index (χ1n) is 6.33. The Bertz CT molecular complexity index is 446. The van der Waals surface area contributed by atoms with Gasteiger partial charge in [-0.15, -0.1) is 0 Å². The van der Waals surface area contributed by atoms with Crippen molar-refractivity contribution in [2.45, 2.75) is 20.3 Å². The molecule has 0 fully saturated rings. The van der Waals surface area contributed by atoms with Crippen molar-refractivity contribution >= 4 is 17.6 Å². The molecule has 0 aliphatic carbocycles. The van der Waals surface area contributed by atoms with E-state index in [9.17, 15) is 9.59 Å². The number of nitrogens with one attached hydrogen (secondary N) is 1. The molecule has 0 heterocycles. The highest BCUT2D eigenvalue weighted by atomic mass is 16.4. The number of amides is 1. The molecule has 1 aromatic carbocycles. The minimum atomic E-state index is -0.866. The number of likely N-dealkylation sites (N-methyl/N-ethyl adjacent to an activating group) is 1. The van der Waals surface area contributed by atoms with Crippen molar-refractivity contribution < 1.29 is 14.7 Å². The van der Waals surface area contributed by atoms with Crippen molar-refractivity contribution in [3.05, 3.63) is 29.8 Å². The zero-order valence-electron chi connectivity index (χ0n) is 11.3. The average molecular weight is 264 g/mol. The molecule has 1 rings (SSSR count). The van der Waals surface area contributed by atoms with Gasteiger partial charge in [0.1, 0.15) is 0 Å². The van der Waals surface area contributed by atoms with Gasteiger partial charge in [0.2, 0.25) is 5.91 Å². The number of carboxylic acids is 1. The molecule has 0 aromatic heterocycles. The lowest BCUT2D eigenvalue weighted by Crippen LogP contribution is -2.38. The van der Waals surface area contributed by atoms with Crippen LogP contribution in [0.3, 0.4) is 0 Å². The topological polar surface area (TPSA) is 69.6 Å². The molecule has 0 radical (unpaired) electrons. The van der Waals surface area contributed by atoms with Gasteiger partial charge in [0, 0.05) is 18.8 Å². The summed E-state index contributed by atoms with van der Waals surface area (Å²) in [6.07, 6.45) is 0.00768. The highest BCUT2D eigenvalue weighted by molar-refractivity contribution is 5.82. The maximum Gasteiger partial charge on any atom is 0.305 e. The second kappa shape index (κ2) is 7.41. The van der Waals surface area contributed by atoms with Crippen molar-refractivity contribution in [2.24, 2.45) is 0 Å². The van der Waals surface area contributed by atoms with E-state index in [2.05, 4.69) is 5.32 Å². The number of nitrogens with zero attached hydrogens (tertiary/aromatic N) is 1. The number of carboxylic acid groups (broad SMARTS) is 1. The minimum absolute atomic E-state index is 0.00768. The lowest BCUT2D eigenvalue weighted by atomic mass is 10.1. The van der Waals surface area contributed by atoms with Crippen LogP contribution in [0, 0.1) is 6.92 Å². The molecule has 104 valence electrons. The monoisotopic (exact) mass is 264 g/mol. The Kier molecular flexibility index (Phi) is 5.85. The van der Waals surface area contributed by atoms with Gasteiger partial charge in [0.15, 0.2) is 0 Å². The normalized spacial score (nSPS) is 10.0. The van der Waals surface area contributed by atoms with Crippen LogP contribution in [0.25, 0.3) is 0 Å². The minimum Gasteiger partial charge on any atom is -0.481 e. The van der Waals surface area contributed by atoms with Crippen LogP contribution in [-0.4, -0.2) is 36.6 Å². The van der Waals surface area contributed by atoms with E-state index in [0.29, 0.717) is 13.1 Å². The van der Waals surface area contributed by atoms with Gasteiger partial charge in [-0.25, -0.2) is 0 Å². The maximum atomic E-state index is 11.7. The average Bonchev–Trinajstić information content (AvgIpc) is 2.35. The van der Waals surface area contributed by atoms with Gasteiger partial charge in [-0.05, 0) is 25.5 Å². The summed E-state index contributed by atoms with van der Waals surface area (Å²) < 4.78 is 0. The third kappa shape index (κ3) is 4.99. The lowest BCUT2D eigenvalue weighted by molar-refractivity contribution is -0.136. The second-order valence-corrected chi connectivity index (χ2v) is 4.31. The number of carbonyl (C=O) groups excluding carboxylic acids is 1. The molecule has 0 saturated carbocycles. The molecular weight excluding hydrogens is 244 g/mol. The van der Waals surface area contributed by atoms with E-state index in [1.54, 1.807) is 4.90 Å². The first-order valence-corrected chi connectivity index (χ1v) is 6.33. The van der Waals surface area contributed by atoms with Crippen LogP contribution >= 0.6 is 0 Å². The summed E-state index contributed by atoms with van der Waals surface area (Å²) in [5.74, 6) is -0.967. The fourth-order valence-electron chi connectivity index (χ4n) is 1.86. The van der Waals surface area contributed by atoms with Crippen molar-refractivity contribution in [1.82, 2.24) is 5.32 Å². The molecule has 0 aliphatic rings. The van der Waals surface area contributed by atoms with Gasteiger partial charge in [0.25, 0.3) is 0 Å². The predicted octanol–water partition coefficient (Wildman–Crippen LogP) is 1.41. The molecule has 0 bridgehead atoms. The Morgan fingerprint density at radius 2 is 2.00 bits per heavy atom. The number of hydrogen-bond donors (Lipinski definition) is 2. The smallest absolute Gasteiger partial charge is 0.305 e. The summed E-state index contributed by atoms with van der Waals surface area (Å²) in [6.45, 7) is 4.86. The molecule has 5 nitrogen and oxygen atoms in total.